The summed E-state index contributed by atoms with van der Waals surface area (Å²) in [4.78, 5) is 2.37. The highest BCUT2D eigenvalue weighted by molar-refractivity contribution is 5.04. The first-order valence-corrected chi connectivity index (χ1v) is 3.65. The lowest BCUT2D eigenvalue weighted by atomic mass is 10.1. The molecule has 9 heavy (non-hydrogen) atoms. The van der Waals surface area contributed by atoms with Gasteiger partial charge in [-0.25, -0.2) is 0 Å². The zero-order valence-electron chi connectivity index (χ0n) is 6.35. The quantitative estimate of drug-likeness (QED) is 0.445. The van der Waals surface area contributed by atoms with Crippen molar-refractivity contribution in [2.75, 3.05) is 20.1 Å². The molecular formula is C8H15N. The van der Waals surface area contributed by atoms with E-state index in [4.69, 9.17) is 0 Å². The van der Waals surface area contributed by atoms with Crippen LogP contribution in [0.3, 0.4) is 0 Å². The third-order valence-electron chi connectivity index (χ3n) is 1.92. The molecule has 0 aromatic rings. The standard InChI is InChI=1S/C8H15N/c1-3-8-5-4-6-9(2)7-8/h3H,4-7H2,1-2H3/b8-3+. The second-order valence-corrected chi connectivity index (χ2v) is 2.79. The number of piperidine rings is 1. The van der Waals surface area contributed by atoms with Gasteiger partial charge in [-0.05, 0) is 33.4 Å². The molecule has 1 rings (SSSR count). The molecule has 52 valence electrons. The molecule has 1 saturated heterocycles. The van der Waals surface area contributed by atoms with Gasteiger partial charge in [-0.3, -0.25) is 0 Å². The summed E-state index contributed by atoms with van der Waals surface area (Å²) in [6.07, 6.45) is 4.91. The molecule has 1 heterocycles. The predicted molar refractivity (Wildman–Crippen MR) is 40.5 cm³/mol. The lowest BCUT2D eigenvalue weighted by Crippen LogP contribution is -2.26. The van der Waals surface area contributed by atoms with E-state index in [1.54, 1.807) is 5.57 Å². The third kappa shape index (κ3) is 1.83. The van der Waals surface area contributed by atoms with Crippen LogP contribution in [0, 0.1) is 0 Å². The normalized spacial score (nSPS) is 27.1. The molecule has 0 saturated carbocycles. The van der Waals surface area contributed by atoms with E-state index >= 15 is 0 Å². The first-order valence-electron chi connectivity index (χ1n) is 3.65. The molecule has 0 aromatic heterocycles. The van der Waals surface area contributed by atoms with E-state index in [1.807, 2.05) is 0 Å². The number of rotatable bonds is 0. The minimum Gasteiger partial charge on any atom is -0.302 e. The Bertz CT molecular complexity index is 116. The van der Waals surface area contributed by atoms with Crippen LogP contribution in [0.15, 0.2) is 11.6 Å². The summed E-state index contributed by atoms with van der Waals surface area (Å²) >= 11 is 0. The Balaban J connectivity index is 2.41. The highest BCUT2D eigenvalue weighted by atomic mass is 15.1. The molecule has 0 atom stereocenters. The van der Waals surface area contributed by atoms with Gasteiger partial charge in [-0.15, -0.1) is 0 Å². The van der Waals surface area contributed by atoms with E-state index < -0.39 is 0 Å². The molecule has 0 aromatic carbocycles. The molecule has 0 radical (unpaired) electrons. The maximum Gasteiger partial charge on any atom is 0.0189 e. The maximum absolute atomic E-state index is 2.37. The van der Waals surface area contributed by atoms with Crippen LogP contribution in [-0.2, 0) is 0 Å². The van der Waals surface area contributed by atoms with E-state index in [-0.39, 0.29) is 0 Å². The minimum atomic E-state index is 1.19. The van der Waals surface area contributed by atoms with Gasteiger partial charge in [-0.1, -0.05) is 11.6 Å². The predicted octanol–water partition coefficient (Wildman–Crippen LogP) is 1.66. The molecule has 0 unspecified atom stereocenters. The van der Waals surface area contributed by atoms with Crippen molar-refractivity contribution < 1.29 is 0 Å². The smallest absolute Gasteiger partial charge is 0.0189 e. The number of nitrogens with zero attached hydrogens (tertiary/aromatic N) is 1. The summed E-state index contributed by atoms with van der Waals surface area (Å²) in [6, 6.07) is 0. The van der Waals surface area contributed by atoms with Gasteiger partial charge < -0.3 is 4.90 Å². The Labute approximate surface area is 57.4 Å². The van der Waals surface area contributed by atoms with Crippen LogP contribution in [0.1, 0.15) is 19.8 Å². The lowest BCUT2D eigenvalue weighted by Gasteiger charge is -2.23. The summed E-state index contributed by atoms with van der Waals surface area (Å²) in [5.41, 5.74) is 1.60. The zero-order valence-corrected chi connectivity index (χ0v) is 6.35. The Kier molecular flexibility index (Phi) is 2.29. The third-order valence-corrected chi connectivity index (χ3v) is 1.92. The molecule has 1 nitrogen and oxygen atoms in total. The summed E-state index contributed by atoms with van der Waals surface area (Å²) in [6.45, 7) is 4.60. The van der Waals surface area contributed by atoms with Crippen LogP contribution in [0.4, 0.5) is 0 Å². The van der Waals surface area contributed by atoms with Gasteiger partial charge in [-0.2, -0.15) is 0 Å². The fraction of sp³-hybridized carbons (Fsp3) is 0.750. The fourth-order valence-corrected chi connectivity index (χ4v) is 1.32. The number of hydrogen-bond acceptors (Lipinski definition) is 1. The van der Waals surface area contributed by atoms with Gasteiger partial charge in [0.05, 0.1) is 0 Å². The zero-order chi connectivity index (χ0) is 6.69. The Hall–Kier alpha value is -0.300. The van der Waals surface area contributed by atoms with Gasteiger partial charge in [0.1, 0.15) is 0 Å². The van der Waals surface area contributed by atoms with E-state index in [0.717, 1.165) is 0 Å². The van der Waals surface area contributed by atoms with E-state index in [9.17, 15) is 0 Å². The van der Waals surface area contributed by atoms with Crippen LogP contribution in [0.2, 0.25) is 0 Å². The van der Waals surface area contributed by atoms with E-state index in [2.05, 4.69) is 24.9 Å². The molecule has 1 heteroatoms. The average molecular weight is 125 g/mol. The molecule has 1 aliphatic heterocycles. The van der Waals surface area contributed by atoms with Crippen LogP contribution < -0.4 is 0 Å². The molecule has 0 spiro atoms. The van der Waals surface area contributed by atoms with Gasteiger partial charge in [0.15, 0.2) is 0 Å². The summed E-state index contributed by atoms with van der Waals surface area (Å²) in [5, 5.41) is 0. The van der Waals surface area contributed by atoms with Crippen molar-refractivity contribution in [2.45, 2.75) is 19.8 Å². The monoisotopic (exact) mass is 125 g/mol. The van der Waals surface area contributed by atoms with Gasteiger partial charge in [0, 0.05) is 6.54 Å². The first-order chi connectivity index (χ1) is 4.33. The molecule has 0 aliphatic carbocycles. The van der Waals surface area contributed by atoms with Crippen molar-refractivity contribution in [1.29, 1.82) is 0 Å². The largest absolute Gasteiger partial charge is 0.302 e. The second kappa shape index (κ2) is 3.02. The van der Waals surface area contributed by atoms with Gasteiger partial charge in [0.2, 0.25) is 0 Å². The lowest BCUT2D eigenvalue weighted by molar-refractivity contribution is 0.322. The van der Waals surface area contributed by atoms with E-state index in [0.29, 0.717) is 0 Å². The number of allylic oxidation sites excluding steroid dienone is 1. The molecule has 1 aliphatic rings. The van der Waals surface area contributed by atoms with Crippen molar-refractivity contribution in [2.24, 2.45) is 0 Å². The highest BCUT2D eigenvalue weighted by Crippen LogP contribution is 2.12. The second-order valence-electron chi connectivity index (χ2n) is 2.79. The van der Waals surface area contributed by atoms with Crippen molar-refractivity contribution in [3.63, 3.8) is 0 Å². The number of hydrogen-bond donors (Lipinski definition) is 0. The van der Waals surface area contributed by atoms with Crippen molar-refractivity contribution in [3.05, 3.63) is 11.6 Å². The van der Waals surface area contributed by atoms with Crippen LogP contribution in [0.5, 0.6) is 0 Å². The van der Waals surface area contributed by atoms with Gasteiger partial charge >= 0.3 is 0 Å². The van der Waals surface area contributed by atoms with Crippen LogP contribution in [0.25, 0.3) is 0 Å². The summed E-state index contributed by atoms with van der Waals surface area (Å²) < 4.78 is 0. The van der Waals surface area contributed by atoms with Crippen molar-refractivity contribution in [3.8, 4) is 0 Å². The molecular weight excluding hydrogens is 110 g/mol. The Morgan fingerprint density at radius 2 is 2.33 bits per heavy atom. The fourth-order valence-electron chi connectivity index (χ4n) is 1.32. The Morgan fingerprint density at radius 3 is 2.78 bits per heavy atom. The van der Waals surface area contributed by atoms with Crippen LogP contribution >= 0.6 is 0 Å². The number of likely N-dealkylation sites (tertiary alicyclic amines) is 1. The molecule has 1 fully saturated rings. The van der Waals surface area contributed by atoms with Crippen molar-refractivity contribution >= 4 is 0 Å². The van der Waals surface area contributed by atoms with E-state index in [1.165, 1.54) is 25.9 Å². The highest BCUT2D eigenvalue weighted by Gasteiger charge is 2.07. The average Bonchev–Trinajstić information content (AvgIpc) is 1.88. The maximum atomic E-state index is 2.37. The SMILES string of the molecule is C/C=C1\CCCN(C)C1. The molecule has 0 amide bonds. The van der Waals surface area contributed by atoms with Crippen LogP contribution in [-0.4, -0.2) is 25.0 Å². The molecule has 0 N–H and O–H groups in total. The van der Waals surface area contributed by atoms with Gasteiger partial charge in [0.25, 0.3) is 0 Å². The number of likely N-dealkylation sites (N-methyl/N-ethyl adjacent to an activating group) is 1. The Morgan fingerprint density at radius 1 is 1.56 bits per heavy atom. The molecule has 0 bridgehead atoms. The van der Waals surface area contributed by atoms with Crippen molar-refractivity contribution in [1.82, 2.24) is 4.90 Å². The topological polar surface area (TPSA) is 3.24 Å². The summed E-state index contributed by atoms with van der Waals surface area (Å²) in [7, 11) is 2.18. The summed E-state index contributed by atoms with van der Waals surface area (Å²) in [5.74, 6) is 0. The minimum absolute atomic E-state index is 1.19. The first kappa shape index (κ1) is 6.81.